The molecule has 3 rings (SSSR count). The molecule has 0 spiro atoms. The van der Waals surface area contributed by atoms with Crippen molar-refractivity contribution in [3.63, 3.8) is 0 Å². The largest absolute Gasteiger partial charge is 0.324 e. The average molecular weight is 253 g/mol. The van der Waals surface area contributed by atoms with E-state index in [-0.39, 0.29) is 11.2 Å². The van der Waals surface area contributed by atoms with E-state index in [1.807, 2.05) is 13.0 Å². The standard InChI is InChI=1S/C13H14ClFN2/c1-7-5-12-11(6-10(7)15)16-13(8(2)14)17(12)9-3-4-9/h5-6,8-9H,3-4H2,1-2H3. The van der Waals surface area contributed by atoms with E-state index >= 15 is 0 Å². The summed E-state index contributed by atoms with van der Waals surface area (Å²) in [4.78, 5) is 4.47. The Hall–Kier alpha value is -1.09. The monoisotopic (exact) mass is 252 g/mol. The lowest BCUT2D eigenvalue weighted by atomic mass is 10.2. The lowest BCUT2D eigenvalue weighted by Crippen LogP contribution is -2.02. The maximum absolute atomic E-state index is 13.5. The second-order valence-electron chi connectivity index (χ2n) is 4.78. The van der Waals surface area contributed by atoms with Gasteiger partial charge in [-0.2, -0.15) is 0 Å². The van der Waals surface area contributed by atoms with E-state index in [0.29, 0.717) is 17.1 Å². The maximum atomic E-state index is 13.5. The van der Waals surface area contributed by atoms with Gasteiger partial charge in [-0.25, -0.2) is 9.37 Å². The number of imidazole rings is 1. The highest BCUT2D eigenvalue weighted by Gasteiger charge is 2.29. The molecule has 4 heteroatoms. The quantitative estimate of drug-likeness (QED) is 0.735. The molecule has 1 saturated carbocycles. The summed E-state index contributed by atoms with van der Waals surface area (Å²) in [5.74, 6) is 0.654. The number of alkyl halides is 1. The van der Waals surface area contributed by atoms with Crippen LogP contribution in [0.5, 0.6) is 0 Å². The molecule has 1 aliphatic rings. The van der Waals surface area contributed by atoms with Gasteiger partial charge in [0.05, 0.1) is 16.4 Å². The Bertz CT molecular complexity index is 585. The fourth-order valence-electron chi connectivity index (χ4n) is 2.24. The SMILES string of the molecule is Cc1cc2c(cc1F)nc(C(C)Cl)n2C1CC1. The number of aryl methyl sites for hydroxylation is 1. The molecule has 0 bridgehead atoms. The van der Waals surface area contributed by atoms with Crippen molar-refractivity contribution in [2.75, 3.05) is 0 Å². The highest BCUT2D eigenvalue weighted by molar-refractivity contribution is 6.20. The van der Waals surface area contributed by atoms with Crippen molar-refractivity contribution in [3.8, 4) is 0 Å². The Labute approximate surface area is 104 Å². The van der Waals surface area contributed by atoms with Crippen LogP contribution in [0.25, 0.3) is 11.0 Å². The first-order chi connectivity index (χ1) is 8.08. The van der Waals surface area contributed by atoms with Gasteiger partial charge in [0.25, 0.3) is 0 Å². The minimum Gasteiger partial charge on any atom is -0.324 e. The highest BCUT2D eigenvalue weighted by Crippen LogP contribution is 2.41. The maximum Gasteiger partial charge on any atom is 0.128 e. The first kappa shape index (κ1) is 11.0. The van der Waals surface area contributed by atoms with E-state index in [9.17, 15) is 4.39 Å². The van der Waals surface area contributed by atoms with Gasteiger partial charge >= 0.3 is 0 Å². The summed E-state index contributed by atoms with van der Waals surface area (Å²) in [5, 5.41) is -0.147. The van der Waals surface area contributed by atoms with Crippen molar-refractivity contribution in [2.45, 2.75) is 38.1 Å². The van der Waals surface area contributed by atoms with Gasteiger partial charge in [0.2, 0.25) is 0 Å². The molecule has 0 radical (unpaired) electrons. The van der Waals surface area contributed by atoms with Gasteiger partial charge in [0, 0.05) is 12.1 Å². The normalized spacial score (nSPS) is 17.6. The van der Waals surface area contributed by atoms with E-state index < -0.39 is 0 Å². The number of fused-ring (bicyclic) bond motifs is 1. The fourth-order valence-corrected chi connectivity index (χ4v) is 2.39. The molecule has 2 nitrogen and oxygen atoms in total. The van der Waals surface area contributed by atoms with E-state index in [1.165, 1.54) is 18.9 Å². The van der Waals surface area contributed by atoms with E-state index in [0.717, 1.165) is 11.3 Å². The molecule has 1 fully saturated rings. The van der Waals surface area contributed by atoms with Gasteiger partial charge in [-0.3, -0.25) is 0 Å². The van der Waals surface area contributed by atoms with Crippen LogP contribution in [0.4, 0.5) is 4.39 Å². The van der Waals surface area contributed by atoms with Gasteiger partial charge in [-0.05, 0) is 38.3 Å². The van der Waals surface area contributed by atoms with Crippen LogP contribution in [0.1, 0.15) is 42.6 Å². The average Bonchev–Trinajstić information content (AvgIpc) is 3.02. The van der Waals surface area contributed by atoms with Gasteiger partial charge < -0.3 is 4.57 Å². The zero-order valence-electron chi connectivity index (χ0n) is 9.87. The van der Waals surface area contributed by atoms with Crippen molar-refractivity contribution in [1.29, 1.82) is 0 Å². The summed E-state index contributed by atoms with van der Waals surface area (Å²) >= 11 is 6.15. The third-order valence-corrected chi connectivity index (χ3v) is 3.46. The highest BCUT2D eigenvalue weighted by atomic mass is 35.5. The summed E-state index contributed by atoms with van der Waals surface area (Å²) in [6, 6.07) is 3.88. The molecule has 1 aliphatic carbocycles. The van der Waals surface area contributed by atoms with Gasteiger partial charge in [-0.15, -0.1) is 11.6 Å². The number of aromatic nitrogens is 2. The molecular weight excluding hydrogens is 239 g/mol. The van der Waals surface area contributed by atoms with Gasteiger partial charge in [0.15, 0.2) is 0 Å². The molecule has 0 N–H and O–H groups in total. The lowest BCUT2D eigenvalue weighted by molar-refractivity contribution is 0.620. The van der Waals surface area contributed by atoms with Crippen molar-refractivity contribution in [1.82, 2.24) is 9.55 Å². The topological polar surface area (TPSA) is 17.8 Å². The fraction of sp³-hybridized carbons (Fsp3) is 0.462. The van der Waals surface area contributed by atoms with Crippen molar-refractivity contribution >= 4 is 22.6 Å². The second kappa shape index (κ2) is 3.70. The molecular formula is C13H14ClFN2. The number of hydrogen-bond acceptors (Lipinski definition) is 1. The molecule has 1 heterocycles. The summed E-state index contributed by atoms with van der Waals surface area (Å²) in [6.45, 7) is 3.69. The molecule has 0 amide bonds. The van der Waals surface area contributed by atoms with Crippen molar-refractivity contribution in [2.24, 2.45) is 0 Å². The molecule has 1 aromatic carbocycles. The second-order valence-corrected chi connectivity index (χ2v) is 5.43. The van der Waals surface area contributed by atoms with Crippen LogP contribution in [0.2, 0.25) is 0 Å². The zero-order chi connectivity index (χ0) is 12.2. The minimum atomic E-state index is -0.202. The van der Waals surface area contributed by atoms with E-state index in [2.05, 4.69) is 9.55 Å². The first-order valence-corrected chi connectivity index (χ1v) is 6.33. The van der Waals surface area contributed by atoms with E-state index in [1.54, 1.807) is 6.92 Å². The minimum absolute atomic E-state index is 0.147. The number of benzene rings is 1. The third kappa shape index (κ3) is 1.73. The molecule has 1 aromatic heterocycles. The van der Waals surface area contributed by atoms with E-state index in [4.69, 9.17) is 11.6 Å². The molecule has 2 aromatic rings. The van der Waals surface area contributed by atoms with Crippen LogP contribution in [0.15, 0.2) is 12.1 Å². The van der Waals surface area contributed by atoms with Crippen molar-refractivity contribution < 1.29 is 4.39 Å². The van der Waals surface area contributed by atoms with Crippen LogP contribution in [0.3, 0.4) is 0 Å². The third-order valence-electron chi connectivity index (χ3n) is 3.26. The summed E-state index contributed by atoms with van der Waals surface area (Å²) in [6.07, 6.45) is 2.33. The predicted octanol–water partition coefficient (Wildman–Crippen LogP) is 4.12. The molecule has 1 atom stereocenters. The smallest absolute Gasteiger partial charge is 0.128 e. The zero-order valence-corrected chi connectivity index (χ0v) is 10.6. The Morgan fingerprint density at radius 1 is 1.47 bits per heavy atom. The van der Waals surface area contributed by atoms with Gasteiger partial charge in [-0.1, -0.05) is 0 Å². The molecule has 90 valence electrons. The Balaban J connectivity index is 2.31. The van der Waals surface area contributed by atoms with Crippen LogP contribution in [-0.2, 0) is 0 Å². The molecule has 1 unspecified atom stereocenters. The Morgan fingerprint density at radius 2 is 2.18 bits per heavy atom. The summed E-state index contributed by atoms with van der Waals surface area (Å²) < 4.78 is 15.7. The Kier molecular flexibility index (Phi) is 2.40. The number of rotatable bonds is 2. The Morgan fingerprint density at radius 3 is 2.76 bits per heavy atom. The van der Waals surface area contributed by atoms with Crippen molar-refractivity contribution in [3.05, 3.63) is 29.3 Å². The van der Waals surface area contributed by atoms with Gasteiger partial charge in [0.1, 0.15) is 11.6 Å². The molecule has 17 heavy (non-hydrogen) atoms. The predicted molar refractivity (Wildman–Crippen MR) is 67.0 cm³/mol. The van der Waals surface area contributed by atoms with Crippen LogP contribution in [-0.4, -0.2) is 9.55 Å². The molecule has 0 aliphatic heterocycles. The molecule has 0 saturated heterocycles. The number of hydrogen-bond donors (Lipinski definition) is 0. The van der Waals surface area contributed by atoms with Crippen LogP contribution < -0.4 is 0 Å². The van der Waals surface area contributed by atoms with Crippen LogP contribution in [0, 0.1) is 12.7 Å². The summed E-state index contributed by atoms with van der Waals surface area (Å²) in [5.41, 5.74) is 2.38. The lowest BCUT2D eigenvalue weighted by Gasteiger charge is -2.09. The number of halogens is 2. The summed E-state index contributed by atoms with van der Waals surface area (Å²) in [7, 11) is 0. The first-order valence-electron chi connectivity index (χ1n) is 5.90. The number of nitrogens with zero attached hydrogens (tertiary/aromatic N) is 2. The van der Waals surface area contributed by atoms with Crippen LogP contribution >= 0.6 is 11.6 Å².